The molecule has 2 nitrogen and oxygen atoms in total. The number of hydrogen-bond donors (Lipinski definition) is 1. The fourth-order valence-corrected chi connectivity index (χ4v) is 1.47. The van der Waals surface area contributed by atoms with Gasteiger partial charge in [0, 0.05) is 18.0 Å². The van der Waals surface area contributed by atoms with E-state index < -0.39 is 0 Å². The van der Waals surface area contributed by atoms with Crippen molar-refractivity contribution in [3.8, 4) is 0 Å². The van der Waals surface area contributed by atoms with Crippen LogP contribution in [0.15, 0.2) is 24.0 Å². The van der Waals surface area contributed by atoms with Crippen molar-refractivity contribution in [2.75, 3.05) is 5.32 Å². The summed E-state index contributed by atoms with van der Waals surface area (Å²) in [6.07, 6.45) is 4.57. The van der Waals surface area contributed by atoms with E-state index in [1.807, 2.05) is 26.1 Å². The molecule has 1 N–H and O–H groups in total. The molecule has 0 spiro atoms. The van der Waals surface area contributed by atoms with Gasteiger partial charge in [-0.1, -0.05) is 31.0 Å². The zero-order valence-electron chi connectivity index (χ0n) is 8.76. The molecule has 0 fully saturated rings. The minimum absolute atomic E-state index is 0.699. The number of allylic oxidation sites excluding steroid dienone is 1. The Balaban J connectivity index is 0.000000461. The van der Waals surface area contributed by atoms with Crippen LogP contribution < -0.4 is 5.32 Å². The third kappa shape index (κ3) is 2.48. The van der Waals surface area contributed by atoms with E-state index in [1.54, 1.807) is 6.20 Å². The van der Waals surface area contributed by atoms with Crippen molar-refractivity contribution >= 4 is 17.4 Å². The number of pyridine rings is 1. The summed E-state index contributed by atoms with van der Waals surface area (Å²) in [5, 5.41) is 3.81. The maximum Gasteiger partial charge on any atom is 0.133 e. The maximum atomic E-state index is 5.81. The van der Waals surface area contributed by atoms with Crippen LogP contribution in [0.2, 0.25) is 5.02 Å². The second kappa shape index (κ2) is 5.01. The highest BCUT2D eigenvalue weighted by Crippen LogP contribution is 2.23. The average Bonchev–Trinajstić information content (AvgIpc) is 2.20. The minimum Gasteiger partial charge on any atom is -0.346 e. The topological polar surface area (TPSA) is 24.9 Å². The number of aromatic nitrogens is 1. The molecule has 1 aliphatic rings. The molecule has 1 aromatic heterocycles. The van der Waals surface area contributed by atoms with Gasteiger partial charge in [-0.3, -0.25) is 0 Å². The summed E-state index contributed by atoms with van der Waals surface area (Å²) < 4.78 is 0. The number of nitrogens with zero attached hydrogens (tertiary/aromatic N) is 1. The largest absolute Gasteiger partial charge is 0.346 e. The fourth-order valence-electron chi connectivity index (χ4n) is 1.29. The van der Waals surface area contributed by atoms with Crippen molar-refractivity contribution in [2.45, 2.75) is 27.2 Å². The summed E-state index contributed by atoms with van der Waals surface area (Å²) in [7, 11) is 0. The van der Waals surface area contributed by atoms with Crippen LogP contribution in [0.3, 0.4) is 0 Å². The third-order valence-corrected chi connectivity index (χ3v) is 2.06. The lowest BCUT2D eigenvalue weighted by Gasteiger charge is -2.14. The summed E-state index contributed by atoms with van der Waals surface area (Å²) in [5.74, 6) is 0.921. The van der Waals surface area contributed by atoms with Crippen molar-refractivity contribution < 1.29 is 0 Å². The summed E-state index contributed by atoms with van der Waals surface area (Å²) in [6, 6.07) is 1.95. The van der Waals surface area contributed by atoms with Gasteiger partial charge in [0.25, 0.3) is 0 Å². The second-order valence-corrected chi connectivity index (χ2v) is 3.41. The molecule has 3 heteroatoms. The van der Waals surface area contributed by atoms with E-state index in [4.69, 9.17) is 11.6 Å². The van der Waals surface area contributed by atoms with E-state index in [0.29, 0.717) is 5.02 Å². The molecule has 2 heterocycles. The van der Waals surface area contributed by atoms with Crippen molar-refractivity contribution in [3.05, 3.63) is 34.6 Å². The van der Waals surface area contributed by atoms with Gasteiger partial charge in [0.05, 0.1) is 5.02 Å². The molecule has 0 bridgehead atoms. The first-order valence-electron chi connectivity index (χ1n) is 4.82. The van der Waals surface area contributed by atoms with E-state index in [-0.39, 0.29) is 0 Å². The van der Waals surface area contributed by atoms with Crippen LogP contribution in [0.25, 0.3) is 0 Å². The first-order chi connectivity index (χ1) is 6.75. The summed E-state index contributed by atoms with van der Waals surface area (Å²) in [6.45, 7) is 6.08. The molecule has 0 saturated carbocycles. The van der Waals surface area contributed by atoms with Gasteiger partial charge in [-0.2, -0.15) is 0 Å². The number of hydrogen-bond acceptors (Lipinski definition) is 2. The van der Waals surface area contributed by atoms with E-state index in [0.717, 1.165) is 12.2 Å². The summed E-state index contributed by atoms with van der Waals surface area (Å²) in [4.78, 5) is 4.17. The zero-order valence-corrected chi connectivity index (χ0v) is 9.52. The van der Waals surface area contributed by atoms with Gasteiger partial charge >= 0.3 is 0 Å². The molecule has 0 aromatic carbocycles. The van der Waals surface area contributed by atoms with Gasteiger partial charge in [0.2, 0.25) is 0 Å². The molecule has 76 valence electrons. The van der Waals surface area contributed by atoms with Gasteiger partial charge in [0.1, 0.15) is 5.82 Å². The molecule has 1 aliphatic heterocycles. The number of anilines is 1. The molecule has 0 radical (unpaired) electrons. The van der Waals surface area contributed by atoms with Crippen molar-refractivity contribution in [1.82, 2.24) is 4.98 Å². The predicted molar refractivity (Wildman–Crippen MR) is 61.7 cm³/mol. The molecule has 0 saturated heterocycles. The van der Waals surface area contributed by atoms with E-state index in [2.05, 4.69) is 17.2 Å². The Morgan fingerprint density at radius 2 is 2.14 bits per heavy atom. The molecule has 2 rings (SSSR count). The molecule has 14 heavy (non-hydrogen) atoms. The number of nitrogens with one attached hydrogen (secondary N) is 1. The molecule has 1 aromatic rings. The van der Waals surface area contributed by atoms with Crippen molar-refractivity contribution in [2.24, 2.45) is 0 Å². The van der Waals surface area contributed by atoms with Crippen molar-refractivity contribution in [3.63, 3.8) is 0 Å². The number of halogens is 1. The highest BCUT2D eigenvalue weighted by Gasteiger charge is 2.08. The lowest BCUT2D eigenvalue weighted by molar-refractivity contribution is 1.07. The molecule has 0 aliphatic carbocycles. The van der Waals surface area contributed by atoms with Crippen LogP contribution in [0.4, 0.5) is 5.82 Å². The molecular formula is C11H15ClN2. The first kappa shape index (κ1) is 11.1. The SMILES string of the molecule is CC.CC1=CNc2ncc(Cl)cc2C1. The molecular weight excluding hydrogens is 196 g/mol. The Morgan fingerprint density at radius 3 is 2.86 bits per heavy atom. The van der Waals surface area contributed by atoms with Crippen LogP contribution >= 0.6 is 11.6 Å². The lowest BCUT2D eigenvalue weighted by atomic mass is 10.1. The maximum absolute atomic E-state index is 5.81. The van der Waals surface area contributed by atoms with Crippen LogP contribution in [0.1, 0.15) is 26.3 Å². The Morgan fingerprint density at radius 1 is 1.43 bits per heavy atom. The summed E-state index contributed by atoms with van der Waals surface area (Å²) in [5.41, 5.74) is 2.47. The van der Waals surface area contributed by atoms with Crippen molar-refractivity contribution in [1.29, 1.82) is 0 Å². The number of fused-ring (bicyclic) bond motifs is 1. The van der Waals surface area contributed by atoms with Gasteiger partial charge < -0.3 is 5.32 Å². The van der Waals surface area contributed by atoms with E-state index in [1.165, 1.54) is 11.1 Å². The normalized spacial score (nSPS) is 13.0. The van der Waals surface area contributed by atoms with Crippen LogP contribution in [-0.2, 0) is 6.42 Å². The van der Waals surface area contributed by atoms with Crippen LogP contribution in [0.5, 0.6) is 0 Å². The highest BCUT2D eigenvalue weighted by molar-refractivity contribution is 6.30. The Bertz CT molecular complexity index is 345. The molecule has 0 amide bonds. The Labute approximate surface area is 90.0 Å². The molecule has 0 atom stereocenters. The smallest absolute Gasteiger partial charge is 0.133 e. The van der Waals surface area contributed by atoms with Gasteiger partial charge in [-0.15, -0.1) is 0 Å². The molecule has 0 unspecified atom stereocenters. The Kier molecular flexibility index (Phi) is 3.96. The van der Waals surface area contributed by atoms with Gasteiger partial charge in [-0.05, 0) is 19.4 Å². The Hall–Kier alpha value is -1.02. The predicted octanol–water partition coefficient (Wildman–Crippen LogP) is 3.63. The standard InChI is InChI=1S/C9H9ClN2.C2H6/c1-6-2-7-3-8(10)5-12-9(7)11-4-6;1-2/h3-5H,2H2,1H3,(H,11,12);1-2H3. The van der Waals surface area contributed by atoms with Gasteiger partial charge in [0.15, 0.2) is 0 Å². The fraction of sp³-hybridized carbons (Fsp3) is 0.364. The first-order valence-corrected chi connectivity index (χ1v) is 5.20. The third-order valence-electron chi connectivity index (χ3n) is 1.86. The lowest BCUT2D eigenvalue weighted by Crippen LogP contribution is -2.05. The number of rotatable bonds is 0. The second-order valence-electron chi connectivity index (χ2n) is 2.97. The quantitative estimate of drug-likeness (QED) is 0.708. The van der Waals surface area contributed by atoms with Gasteiger partial charge in [-0.25, -0.2) is 4.98 Å². The highest BCUT2D eigenvalue weighted by atomic mass is 35.5. The average molecular weight is 211 g/mol. The van der Waals surface area contributed by atoms with Crippen LogP contribution in [-0.4, -0.2) is 4.98 Å². The van der Waals surface area contributed by atoms with E-state index in [9.17, 15) is 0 Å². The summed E-state index contributed by atoms with van der Waals surface area (Å²) >= 11 is 5.81. The zero-order chi connectivity index (χ0) is 10.6. The van der Waals surface area contributed by atoms with E-state index >= 15 is 0 Å². The monoisotopic (exact) mass is 210 g/mol. The van der Waals surface area contributed by atoms with Crippen LogP contribution in [0, 0.1) is 0 Å². The minimum atomic E-state index is 0.699.